The Kier molecular flexibility index (Phi) is 5.90. The molecule has 0 heterocycles. The van der Waals surface area contributed by atoms with Gasteiger partial charge in [0.15, 0.2) is 0 Å². The number of carbonyl (C=O) groups excluding carboxylic acids is 1. The molecule has 5 nitrogen and oxygen atoms in total. The fourth-order valence-corrected chi connectivity index (χ4v) is 3.40. The predicted octanol–water partition coefficient (Wildman–Crippen LogP) is 3.81. The van der Waals surface area contributed by atoms with Crippen molar-refractivity contribution in [3.63, 3.8) is 0 Å². The van der Waals surface area contributed by atoms with Gasteiger partial charge in [-0.15, -0.1) is 11.8 Å². The molecule has 0 aliphatic rings. The summed E-state index contributed by atoms with van der Waals surface area (Å²) in [7, 11) is -3.31. The quantitative estimate of drug-likeness (QED) is 0.764. The van der Waals surface area contributed by atoms with Crippen molar-refractivity contribution in [2.24, 2.45) is 0 Å². The molecule has 0 atom stereocenters. The van der Waals surface area contributed by atoms with E-state index in [0.29, 0.717) is 22.2 Å². The van der Waals surface area contributed by atoms with Crippen LogP contribution in [-0.2, 0) is 10.0 Å². The van der Waals surface area contributed by atoms with Crippen LogP contribution in [0.15, 0.2) is 53.4 Å². The third-order valence-corrected chi connectivity index (χ3v) is 4.56. The highest BCUT2D eigenvalue weighted by Gasteiger charge is 2.07. The molecule has 0 unspecified atom stereocenters. The first-order valence-electron chi connectivity index (χ1n) is 7.39. The molecular formula is C17H20N2O3S2. The van der Waals surface area contributed by atoms with Gasteiger partial charge in [0, 0.05) is 27.1 Å². The van der Waals surface area contributed by atoms with Crippen molar-refractivity contribution < 1.29 is 13.2 Å². The van der Waals surface area contributed by atoms with E-state index in [2.05, 4.69) is 23.9 Å². The highest BCUT2D eigenvalue weighted by Crippen LogP contribution is 2.23. The van der Waals surface area contributed by atoms with Gasteiger partial charge in [-0.1, -0.05) is 13.8 Å². The normalized spacial score (nSPS) is 11.3. The van der Waals surface area contributed by atoms with Crippen LogP contribution in [0.3, 0.4) is 0 Å². The first-order valence-corrected chi connectivity index (χ1v) is 10.2. The number of carbonyl (C=O) groups is 1. The summed E-state index contributed by atoms with van der Waals surface area (Å²) in [5, 5.41) is 3.28. The van der Waals surface area contributed by atoms with Crippen molar-refractivity contribution in [1.29, 1.82) is 0 Å². The molecule has 0 aliphatic heterocycles. The molecule has 2 aromatic carbocycles. The SMILES string of the molecule is CC(C)Sc1ccc(C(=O)Nc2ccc(NS(C)(=O)=O)cc2)cc1. The minimum Gasteiger partial charge on any atom is -0.322 e. The van der Waals surface area contributed by atoms with Gasteiger partial charge in [0.2, 0.25) is 10.0 Å². The number of hydrogen-bond donors (Lipinski definition) is 2. The zero-order valence-electron chi connectivity index (χ0n) is 13.7. The molecule has 0 spiro atoms. The molecular weight excluding hydrogens is 344 g/mol. The summed E-state index contributed by atoms with van der Waals surface area (Å²) in [4.78, 5) is 13.4. The van der Waals surface area contributed by atoms with E-state index in [9.17, 15) is 13.2 Å². The smallest absolute Gasteiger partial charge is 0.255 e. The average Bonchev–Trinajstić information content (AvgIpc) is 2.48. The van der Waals surface area contributed by atoms with Crippen LogP contribution >= 0.6 is 11.8 Å². The molecule has 0 radical (unpaired) electrons. The maximum Gasteiger partial charge on any atom is 0.255 e. The second kappa shape index (κ2) is 7.72. The van der Waals surface area contributed by atoms with E-state index in [1.165, 1.54) is 0 Å². The molecule has 0 aliphatic carbocycles. The molecule has 0 saturated carbocycles. The lowest BCUT2D eigenvalue weighted by atomic mass is 10.2. The van der Waals surface area contributed by atoms with Crippen LogP contribution in [0.5, 0.6) is 0 Å². The number of amides is 1. The summed E-state index contributed by atoms with van der Waals surface area (Å²) in [6.45, 7) is 4.24. The van der Waals surface area contributed by atoms with Crippen LogP contribution in [0.2, 0.25) is 0 Å². The van der Waals surface area contributed by atoms with Crippen molar-refractivity contribution in [2.75, 3.05) is 16.3 Å². The average molecular weight is 364 g/mol. The summed E-state index contributed by atoms with van der Waals surface area (Å²) in [5.74, 6) is -0.208. The Morgan fingerprint density at radius 2 is 1.50 bits per heavy atom. The Hall–Kier alpha value is -1.99. The Bertz CT molecular complexity index is 799. The van der Waals surface area contributed by atoms with E-state index >= 15 is 0 Å². The van der Waals surface area contributed by atoms with Gasteiger partial charge >= 0.3 is 0 Å². The van der Waals surface area contributed by atoms with Gasteiger partial charge in [-0.25, -0.2) is 8.42 Å². The highest BCUT2D eigenvalue weighted by atomic mass is 32.2. The molecule has 2 rings (SSSR count). The third-order valence-electron chi connectivity index (χ3n) is 2.93. The topological polar surface area (TPSA) is 75.3 Å². The number of thioether (sulfide) groups is 1. The van der Waals surface area contributed by atoms with E-state index in [-0.39, 0.29) is 5.91 Å². The van der Waals surface area contributed by atoms with Gasteiger partial charge in [-0.05, 0) is 48.5 Å². The monoisotopic (exact) mass is 364 g/mol. The Morgan fingerprint density at radius 3 is 2.00 bits per heavy atom. The number of sulfonamides is 1. The Morgan fingerprint density at radius 1 is 0.958 bits per heavy atom. The summed E-state index contributed by atoms with van der Waals surface area (Å²) < 4.78 is 24.7. The molecule has 2 aromatic rings. The second-order valence-corrected chi connectivity index (χ2v) is 9.00. The molecule has 0 bridgehead atoms. The van der Waals surface area contributed by atoms with Gasteiger partial charge in [0.25, 0.3) is 5.91 Å². The van der Waals surface area contributed by atoms with Crippen molar-refractivity contribution >= 4 is 39.1 Å². The summed E-state index contributed by atoms with van der Waals surface area (Å²) >= 11 is 1.74. The fourth-order valence-electron chi connectivity index (χ4n) is 2.00. The van der Waals surface area contributed by atoms with Gasteiger partial charge in [0.1, 0.15) is 0 Å². The zero-order valence-corrected chi connectivity index (χ0v) is 15.4. The Balaban J connectivity index is 2.01. The third kappa shape index (κ3) is 5.90. The van der Waals surface area contributed by atoms with Crippen LogP contribution in [0, 0.1) is 0 Å². The first kappa shape index (κ1) is 18.4. The van der Waals surface area contributed by atoms with Gasteiger partial charge in [0.05, 0.1) is 6.26 Å². The van der Waals surface area contributed by atoms with Crippen molar-refractivity contribution in [3.8, 4) is 0 Å². The van der Waals surface area contributed by atoms with E-state index in [0.717, 1.165) is 11.2 Å². The molecule has 0 saturated heterocycles. The standard InChI is InChI=1S/C17H20N2O3S2/c1-12(2)23-16-10-4-13(5-11-16)17(20)18-14-6-8-15(9-7-14)19-24(3,21)22/h4-12,19H,1-3H3,(H,18,20). The van der Waals surface area contributed by atoms with Crippen molar-refractivity contribution in [2.45, 2.75) is 24.0 Å². The van der Waals surface area contributed by atoms with E-state index in [1.807, 2.05) is 12.1 Å². The van der Waals surface area contributed by atoms with Crippen LogP contribution in [-0.4, -0.2) is 25.8 Å². The van der Waals surface area contributed by atoms with Crippen LogP contribution < -0.4 is 10.0 Å². The lowest BCUT2D eigenvalue weighted by molar-refractivity contribution is 0.102. The number of benzene rings is 2. The second-order valence-electron chi connectivity index (χ2n) is 5.60. The highest BCUT2D eigenvalue weighted by molar-refractivity contribution is 7.99. The molecule has 7 heteroatoms. The zero-order chi connectivity index (χ0) is 17.7. The minimum atomic E-state index is -3.31. The summed E-state index contributed by atoms with van der Waals surface area (Å²) in [5.41, 5.74) is 1.62. The van der Waals surface area contributed by atoms with Crippen LogP contribution in [0.1, 0.15) is 24.2 Å². The van der Waals surface area contributed by atoms with Gasteiger partial charge in [-0.3, -0.25) is 9.52 Å². The first-order chi connectivity index (χ1) is 11.2. The summed E-state index contributed by atoms with van der Waals surface area (Å²) in [6, 6.07) is 13.9. The molecule has 1 amide bonds. The van der Waals surface area contributed by atoms with Crippen LogP contribution in [0.4, 0.5) is 11.4 Å². The molecule has 0 fully saturated rings. The lowest BCUT2D eigenvalue weighted by Gasteiger charge is -2.09. The Labute approximate surface area is 146 Å². The molecule has 128 valence electrons. The number of anilines is 2. The lowest BCUT2D eigenvalue weighted by Crippen LogP contribution is -2.12. The maximum atomic E-state index is 12.2. The van der Waals surface area contributed by atoms with E-state index in [4.69, 9.17) is 0 Å². The number of rotatable bonds is 6. The van der Waals surface area contributed by atoms with Crippen LogP contribution in [0.25, 0.3) is 0 Å². The maximum absolute atomic E-state index is 12.2. The van der Waals surface area contributed by atoms with Gasteiger partial charge < -0.3 is 5.32 Å². The van der Waals surface area contributed by atoms with Gasteiger partial charge in [-0.2, -0.15) is 0 Å². The largest absolute Gasteiger partial charge is 0.322 e. The fraction of sp³-hybridized carbons (Fsp3) is 0.235. The minimum absolute atomic E-state index is 0.208. The van der Waals surface area contributed by atoms with Crippen molar-refractivity contribution in [3.05, 3.63) is 54.1 Å². The molecule has 0 aromatic heterocycles. The van der Waals surface area contributed by atoms with Crippen molar-refractivity contribution in [1.82, 2.24) is 0 Å². The molecule has 2 N–H and O–H groups in total. The summed E-state index contributed by atoms with van der Waals surface area (Å²) in [6.07, 6.45) is 1.09. The molecule has 24 heavy (non-hydrogen) atoms. The predicted molar refractivity (Wildman–Crippen MR) is 100 cm³/mol. The number of nitrogens with one attached hydrogen (secondary N) is 2. The number of hydrogen-bond acceptors (Lipinski definition) is 4. The van der Waals surface area contributed by atoms with E-state index < -0.39 is 10.0 Å². The van der Waals surface area contributed by atoms with E-state index in [1.54, 1.807) is 48.2 Å².